The number of carbonyl (C=O) groups excluding carboxylic acids is 1. The van der Waals surface area contributed by atoms with Crippen LogP contribution < -0.4 is 5.73 Å². The lowest BCUT2D eigenvalue weighted by Gasteiger charge is -2.19. The Morgan fingerprint density at radius 1 is 1.26 bits per heavy atom. The highest BCUT2D eigenvalue weighted by Crippen LogP contribution is 2.18. The molecule has 0 radical (unpaired) electrons. The normalized spacial score (nSPS) is 13.9. The predicted molar refractivity (Wildman–Crippen MR) is 80.1 cm³/mol. The van der Waals surface area contributed by atoms with Crippen LogP contribution in [-0.4, -0.2) is 30.4 Å². The fourth-order valence-corrected chi connectivity index (χ4v) is 2.00. The van der Waals surface area contributed by atoms with Crippen molar-refractivity contribution in [2.75, 3.05) is 13.6 Å². The first-order valence-electron chi connectivity index (χ1n) is 7.05. The summed E-state index contributed by atoms with van der Waals surface area (Å²) in [5.74, 6) is 0.604. The van der Waals surface area contributed by atoms with E-state index in [0.29, 0.717) is 12.5 Å². The molecule has 3 nitrogen and oxygen atoms in total. The number of nitrogens with two attached hydrogens (primary N) is 1. The zero-order valence-electron chi connectivity index (χ0n) is 12.5. The van der Waals surface area contributed by atoms with Crippen LogP contribution in [0, 0.1) is 0 Å². The van der Waals surface area contributed by atoms with Gasteiger partial charge in [0.15, 0.2) is 0 Å². The van der Waals surface area contributed by atoms with Gasteiger partial charge in [0.25, 0.3) is 0 Å². The van der Waals surface area contributed by atoms with Crippen molar-refractivity contribution in [3.63, 3.8) is 0 Å². The zero-order chi connectivity index (χ0) is 14.4. The predicted octanol–water partition coefficient (Wildman–Crippen LogP) is 2.55. The molecule has 2 N–H and O–H groups in total. The molecule has 0 bridgehead atoms. The molecule has 1 aromatic rings. The van der Waals surface area contributed by atoms with Crippen LogP contribution in [-0.2, 0) is 11.2 Å². The van der Waals surface area contributed by atoms with Crippen LogP contribution in [0.5, 0.6) is 0 Å². The summed E-state index contributed by atoms with van der Waals surface area (Å²) < 4.78 is 0. The maximum Gasteiger partial charge on any atom is 0.238 e. The Morgan fingerprint density at radius 2 is 1.84 bits per heavy atom. The average Bonchev–Trinajstić information content (AvgIpc) is 2.43. The van der Waals surface area contributed by atoms with Gasteiger partial charge in [-0.1, -0.05) is 38.1 Å². The molecule has 0 heterocycles. The van der Waals surface area contributed by atoms with Crippen molar-refractivity contribution < 1.29 is 4.79 Å². The van der Waals surface area contributed by atoms with Gasteiger partial charge in [-0.15, -0.1) is 0 Å². The van der Waals surface area contributed by atoms with Gasteiger partial charge in [0.1, 0.15) is 0 Å². The van der Waals surface area contributed by atoms with E-state index in [1.165, 1.54) is 11.1 Å². The van der Waals surface area contributed by atoms with Crippen molar-refractivity contribution in [3.8, 4) is 0 Å². The molecule has 0 saturated carbocycles. The first-order valence-corrected chi connectivity index (χ1v) is 7.05. The maximum atomic E-state index is 11.6. The molecular weight excluding hydrogens is 236 g/mol. The lowest BCUT2D eigenvalue weighted by atomic mass is 9.97. The number of hydrogen-bond donors (Lipinski definition) is 1. The van der Waals surface area contributed by atoms with Crippen molar-refractivity contribution in [3.05, 3.63) is 35.4 Å². The molecule has 1 amide bonds. The Kier molecular flexibility index (Phi) is 6.03. The van der Waals surface area contributed by atoms with Gasteiger partial charge >= 0.3 is 0 Å². The van der Waals surface area contributed by atoms with E-state index in [0.717, 1.165) is 12.8 Å². The summed E-state index contributed by atoms with van der Waals surface area (Å²) in [6.45, 7) is 6.88. The van der Waals surface area contributed by atoms with Gasteiger partial charge in [-0.2, -0.15) is 0 Å². The van der Waals surface area contributed by atoms with Crippen molar-refractivity contribution in [2.24, 2.45) is 5.73 Å². The third-order valence-electron chi connectivity index (χ3n) is 3.66. The number of likely N-dealkylation sites (N-methyl/N-ethyl adjacent to an activating group) is 1. The second-order valence-corrected chi connectivity index (χ2v) is 5.35. The van der Waals surface area contributed by atoms with Gasteiger partial charge in [-0.3, -0.25) is 4.79 Å². The molecular formula is C16H26N2O. The molecule has 2 atom stereocenters. The molecule has 19 heavy (non-hydrogen) atoms. The summed E-state index contributed by atoms with van der Waals surface area (Å²) in [7, 11) is 1.80. The van der Waals surface area contributed by atoms with E-state index >= 15 is 0 Å². The SMILES string of the molecule is CCC(C)c1ccc(CCN(C)C(=O)C(C)N)cc1. The molecule has 0 spiro atoms. The van der Waals surface area contributed by atoms with Crippen LogP contribution in [0.1, 0.15) is 44.2 Å². The van der Waals surface area contributed by atoms with E-state index < -0.39 is 6.04 Å². The van der Waals surface area contributed by atoms with Gasteiger partial charge < -0.3 is 10.6 Å². The monoisotopic (exact) mass is 262 g/mol. The molecule has 0 aliphatic carbocycles. The van der Waals surface area contributed by atoms with E-state index in [1.54, 1.807) is 18.9 Å². The standard InChI is InChI=1S/C16H26N2O/c1-5-12(2)15-8-6-14(7-9-15)10-11-18(4)16(19)13(3)17/h6-9,12-13H,5,10-11,17H2,1-4H3. The van der Waals surface area contributed by atoms with Crippen LogP contribution >= 0.6 is 0 Å². The fourth-order valence-electron chi connectivity index (χ4n) is 2.00. The Hall–Kier alpha value is -1.35. The number of nitrogens with zero attached hydrogens (tertiary/aromatic N) is 1. The fraction of sp³-hybridized carbons (Fsp3) is 0.562. The maximum absolute atomic E-state index is 11.6. The molecule has 3 heteroatoms. The molecule has 2 unspecified atom stereocenters. The first-order chi connectivity index (χ1) is 8.95. The highest BCUT2D eigenvalue weighted by atomic mass is 16.2. The second-order valence-electron chi connectivity index (χ2n) is 5.35. The summed E-state index contributed by atoms with van der Waals surface area (Å²) >= 11 is 0. The van der Waals surface area contributed by atoms with E-state index in [4.69, 9.17) is 5.73 Å². The molecule has 0 aliphatic heterocycles. The minimum absolute atomic E-state index is 0.00350. The van der Waals surface area contributed by atoms with E-state index in [-0.39, 0.29) is 5.91 Å². The van der Waals surface area contributed by atoms with Crippen LogP contribution in [0.25, 0.3) is 0 Å². The molecule has 1 aromatic carbocycles. The summed E-state index contributed by atoms with van der Waals surface area (Å²) in [6, 6.07) is 8.28. The Balaban J connectivity index is 2.52. The van der Waals surface area contributed by atoms with Gasteiger partial charge in [0.05, 0.1) is 6.04 Å². The molecule has 0 aliphatic rings. The van der Waals surface area contributed by atoms with Crippen LogP contribution in [0.3, 0.4) is 0 Å². The molecule has 0 fully saturated rings. The zero-order valence-corrected chi connectivity index (χ0v) is 12.5. The van der Waals surface area contributed by atoms with Gasteiger partial charge in [0, 0.05) is 13.6 Å². The van der Waals surface area contributed by atoms with Crippen molar-refractivity contribution in [1.29, 1.82) is 0 Å². The quantitative estimate of drug-likeness (QED) is 0.856. The molecule has 0 saturated heterocycles. The topological polar surface area (TPSA) is 46.3 Å². The lowest BCUT2D eigenvalue weighted by Crippen LogP contribution is -2.40. The van der Waals surface area contributed by atoms with Gasteiger partial charge in [-0.05, 0) is 36.8 Å². The Labute approximate surface area is 116 Å². The highest BCUT2D eigenvalue weighted by molar-refractivity contribution is 5.80. The van der Waals surface area contributed by atoms with Crippen molar-refractivity contribution in [2.45, 2.75) is 45.6 Å². The van der Waals surface area contributed by atoms with Crippen LogP contribution in [0.15, 0.2) is 24.3 Å². The van der Waals surface area contributed by atoms with Crippen LogP contribution in [0.4, 0.5) is 0 Å². The number of carbonyl (C=O) groups is 1. The van der Waals surface area contributed by atoms with Crippen LogP contribution in [0.2, 0.25) is 0 Å². The lowest BCUT2D eigenvalue weighted by molar-refractivity contribution is -0.130. The smallest absolute Gasteiger partial charge is 0.238 e. The number of hydrogen-bond acceptors (Lipinski definition) is 2. The average molecular weight is 262 g/mol. The van der Waals surface area contributed by atoms with E-state index in [9.17, 15) is 4.79 Å². The Bertz CT molecular complexity index is 398. The third kappa shape index (κ3) is 4.67. The molecule has 106 valence electrons. The first kappa shape index (κ1) is 15.7. The van der Waals surface area contributed by atoms with Gasteiger partial charge in [-0.25, -0.2) is 0 Å². The Morgan fingerprint density at radius 3 is 2.32 bits per heavy atom. The highest BCUT2D eigenvalue weighted by Gasteiger charge is 2.12. The number of amides is 1. The second kappa shape index (κ2) is 7.29. The summed E-state index contributed by atoms with van der Waals surface area (Å²) in [5.41, 5.74) is 8.22. The summed E-state index contributed by atoms with van der Waals surface area (Å²) in [4.78, 5) is 13.3. The summed E-state index contributed by atoms with van der Waals surface area (Å²) in [5, 5.41) is 0. The largest absolute Gasteiger partial charge is 0.344 e. The molecule has 1 rings (SSSR count). The minimum atomic E-state index is -0.419. The number of benzene rings is 1. The molecule has 0 aromatic heterocycles. The van der Waals surface area contributed by atoms with E-state index in [2.05, 4.69) is 38.1 Å². The van der Waals surface area contributed by atoms with Crippen molar-refractivity contribution in [1.82, 2.24) is 4.90 Å². The third-order valence-corrected chi connectivity index (χ3v) is 3.66. The summed E-state index contributed by atoms with van der Waals surface area (Å²) in [6.07, 6.45) is 2.03. The van der Waals surface area contributed by atoms with Gasteiger partial charge in [0.2, 0.25) is 5.91 Å². The van der Waals surface area contributed by atoms with Crippen molar-refractivity contribution >= 4 is 5.91 Å². The minimum Gasteiger partial charge on any atom is -0.344 e. The van der Waals surface area contributed by atoms with E-state index in [1.807, 2.05) is 0 Å². The number of rotatable bonds is 6.